The molecule has 0 radical (unpaired) electrons. The van der Waals surface area contributed by atoms with Crippen LogP contribution < -0.4 is 0 Å². The lowest BCUT2D eigenvalue weighted by atomic mass is 10.1. The first kappa shape index (κ1) is 18.1. The van der Waals surface area contributed by atoms with E-state index in [2.05, 4.69) is 0 Å². The van der Waals surface area contributed by atoms with Gasteiger partial charge >= 0.3 is 11.9 Å². The number of carbonyl (C=O) groups excluding carboxylic acids is 1. The molecule has 6 heteroatoms. The highest BCUT2D eigenvalue weighted by Gasteiger charge is 2.17. The Kier molecular flexibility index (Phi) is 8.19. The van der Waals surface area contributed by atoms with E-state index in [1.54, 1.807) is 6.07 Å². The number of hydrogen-bond acceptors (Lipinski definition) is 5. The molecule has 0 aliphatic carbocycles. The first-order valence-electron chi connectivity index (χ1n) is 6.04. The zero-order valence-corrected chi connectivity index (χ0v) is 12.2. The number of aliphatic hydroxyl groups is 1. The molecule has 0 saturated heterocycles. The van der Waals surface area contributed by atoms with Crippen molar-refractivity contribution >= 4 is 11.9 Å². The number of hydrogen-bond donors (Lipinski definition) is 2. The largest absolute Gasteiger partial charge is 0.478 e. The molecule has 0 aliphatic heterocycles. The second kappa shape index (κ2) is 9.06. The Balaban J connectivity index is 0.000000796. The second-order valence-corrected chi connectivity index (χ2v) is 4.64. The molecule has 0 amide bonds. The van der Waals surface area contributed by atoms with Crippen LogP contribution in [0.2, 0.25) is 0 Å². The Labute approximate surface area is 118 Å². The molecule has 0 bridgehead atoms. The molecular formula is C14H21NO5. The predicted octanol–water partition coefficient (Wildman–Crippen LogP) is 1.10. The number of esters is 1. The smallest absolute Gasteiger partial charge is 0.339 e. The van der Waals surface area contributed by atoms with Crippen LogP contribution in [-0.4, -0.2) is 60.9 Å². The van der Waals surface area contributed by atoms with Crippen LogP contribution in [0.1, 0.15) is 27.6 Å². The van der Waals surface area contributed by atoms with Gasteiger partial charge in [0.25, 0.3) is 0 Å². The minimum absolute atomic E-state index is 0.0179. The number of aliphatic hydroxyl groups excluding tert-OH is 1. The summed E-state index contributed by atoms with van der Waals surface area (Å²) in [6.07, 6.45) is -0.777. The number of carboxylic acids is 1. The highest BCUT2D eigenvalue weighted by atomic mass is 16.5. The number of nitrogens with zero attached hydrogens (tertiary/aromatic N) is 1. The lowest BCUT2D eigenvalue weighted by molar-refractivity contribution is 0.0292. The molecule has 0 fully saturated rings. The standard InChI is InChI=1S/C11H12O5.C3H9N/c1-7(12)6-16-11(15)9-5-3-2-4-8(9)10(13)14;1-4(2)3/h2-5,7,12H,6H2,1H3,(H,13,14);1-3H3. The number of benzene rings is 1. The van der Waals surface area contributed by atoms with Crippen LogP contribution in [-0.2, 0) is 4.74 Å². The van der Waals surface area contributed by atoms with Crippen LogP contribution in [0.5, 0.6) is 0 Å². The minimum atomic E-state index is -1.19. The first-order valence-corrected chi connectivity index (χ1v) is 6.04. The maximum Gasteiger partial charge on any atom is 0.339 e. The molecule has 0 aromatic heterocycles. The third-order valence-corrected chi connectivity index (χ3v) is 1.83. The fourth-order valence-corrected chi connectivity index (χ4v) is 1.12. The van der Waals surface area contributed by atoms with E-state index >= 15 is 0 Å². The van der Waals surface area contributed by atoms with Gasteiger partial charge in [-0.05, 0) is 40.2 Å². The second-order valence-electron chi connectivity index (χ2n) is 4.64. The molecule has 112 valence electrons. The summed E-state index contributed by atoms with van der Waals surface area (Å²) < 4.78 is 4.73. The third kappa shape index (κ3) is 7.50. The summed E-state index contributed by atoms with van der Waals surface area (Å²) in [6.45, 7) is 1.31. The third-order valence-electron chi connectivity index (χ3n) is 1.83. The summed E-state index contributed by atoms with van der Waals surface area (Å²) in [5.41, 5.74) is -0.131. The van der Waals surface area contributed by atoms with E-state index in [0.717, 1.165) is 0 Å². The molecule has 0 aliphatic rings. The monoisotopic (exact) mass is 283 g/mol. The molecule has 1 unspecified atom stereocenters. The van der Waals surface area contributed by atoms with Gasteiger partial charge in [0.2, 0.25) is 0 Å². The number of aromatic carboxylic acids is 1. The summed E-state index contributed by atoms with van der Waals surface area (Å²) in [6, 6.07) is 5.76. The average Bonchev–Trinajstić information content (AvgIpc) is 2.35. The van der Waals surface area contributed by atoms with Crippen LogP contribution >= 0.6 is 0 Å². The fraction of sp³-hybridized carbons (Fsp3) is 0.429. The van der Waals surface area contributed by atoms with Crippen LogP contribution in [0.15, 0.2) is 24.3 Å². The van der Waals surface area contributed by atoms with E-state index < -0.39 is 18.0 Å². The molecular weight excluding hydrogens is 262 g/mol. The Morgan fingerprint density at radius 3 is 2.05 bits per heavy atom. The highest BCUT2D eigenvalue weighted by Crippen LogP contribution is 2.10. The van der Waals surface area contributed by atoms with Crippen molar-refractivity contribution in [1.82, 2.24) is 4.90 Å². The van der Waals surface area contributed by atoms with Crippen molar-refractivity contribution in [1.29, 1.82) is 0 Å². The SMILES string of the molecule is CC(O)COC(=O)c1ccccc1C(=O)O.CN(C)C. The van der Waals surface area contributed by atoms with Crippen LogP contribution in [0.3, 0.4) is 0 Å². The normalized spacial score (nSPS) is 11.3. The van der Waals surface area contributed by atoms with Gasteiger partial charge in [0, 0.05) is 0 Å². The van der Waals surface area contributed by atoms with Gasteiger partial charge in [-0.15, -0.1) is 0 Å². The number of carbonyl (C=O) groups is 2. The molecule has 1 rings (SSSR count). The van der Waals surface area contributed by atoms with Crippen molar-refractivity contribution < 1.29 is 24.5 Å². The van der Waals surface area contributed by atoms with Crippen LogP contribution in [0.4, 0.5) is 0 Å². The number of carboxylic acid groups (broad SMARTS) is 1. The number of ether oxygens (including phenoxy) is 1. The van der Waals surface area contributed by atoms with Gasteiger partial charge < -0.3 is 19.8 Å². The van der Waals surface area contributed by atoms with Crippen molar-refractivity contribution in [2.24, 2.45) is 0 Å². The van der Waals surface area contributed by atoms with Gasteiger partial charge in [-0.1, -0.05) is 12.1 Å². The summed E-state index contributed by atoms with van der Waals surface area (Å²) in [5, 5.41) is 17.8. The van der Waals surface area contributed by atoms with Gasteiger partial charge in [0.15, 0.2) is 0 Å². The van der Waals surface area contributed by atoms with Crippen molar-refractivity contribution in [2.45, 2.75) is 13.0 Å². The molecule has 0 saturated carbocycles. The van der Waals surface area contributed by atoms with Gasteiger partial charge in [-0.3, -0.25) is 0 Å². The quantitative estimate of drug-likeness (QED) is 0.805. The lowest BCUT2D eigenvalue weighted by Crippen LogP contribution is -2.17. The Bertz CT molecular complexity index is 440. The summed E-state index contributed by atoms with van der Waals surface area (Å²) in [4.78, 5) is 24.3. The van der Waals surface area contributed by atoms with Crippen molar-refractivity contribution in [3.63, 3.8) is 0 Å². The Hall–Kier alpha value is -1.92. The van der Waals surface area contributed by atoms with E-state index in [9.17, 15) is 9.59 Å². The molecule has 1 aromatic rings. The maximum absolute atomic E-state index is 11.5. The fourth-order valence-electron chi connectivity index (χ4n) is 1.12. The molecule has 6 nitrogen and oxygen atoms in total. The average molecular weight is 283 g/mol. The zero-order valence-electron chi connectivity index (χ0n) is 12.2. The molecule has 0 spiro atoms. The van der Waals surface area contributed by atoms with Gasteiger partial charge in [0.1, 0.15) is 6.61 Å². The molecule has 1 aromatic carbocycles. The first-order chi connectivity index (χ1) is 9.25. The summed E-state index contributed by atoms with van der Waals surface area (Å²) >= 11 is 0. The van der Waals surface area contributed by atoms with Gasteiger partial charge in [0.05, 0.1) is 17.2 Å². The lowest BCUT2D eigenvalue weighted by Gasteiger charge is -2.08. The Morgan fingerprint density at radius 2 is 1.65 bits per heavy atom. The van der Waals surface area contributed by atoms with E-state index in [0.29, 0.717) is 0 Å². The van der Waals surface area contributed by atoms with Crippen molar-refractivity contribution in [3.8, 4) is 0 Å². The highest BCUT2D eigenvalue weighted by molar-refractivity contribution is 6.02. The van der Waals surface area contributed by atoms with Crippen molar-refractivity contribution in [2.75, 3.05) is 27.7 Å². The molecule has 0 heterocycles. The van der Waals surface area contributed by atoms with E-state index in [1.165, 1.54) is 25.1 Å². The summed E-state index contributed by atoms with van der Waals surface area (Å²) in [5.74, 6) is -1.94. The van der Waals surface area contributed by atoms with E-state index in [-0.39, 0.29) is 17.7 Å². The van der Waals surface area contributed by atoms with Crippen molar-refractivity contribution in [3.05, 3.63) is 35.4 Å². The Morgan fingerprint density at radius 1 is 1.20 bits per heavy atom. The van der Waals surface area contributed by atoms with E-state index in [1.807, 2.05) is 26.0 Å². The summed E-state index contributed by atoms with van der Waals surface area (Å²) in [7, 11) is 6.00. The van der Waals surface area contributed by atoms with Crippen LogP contribution in [0.25, 0.3) is 0 Å². The molecule has 2 N–H and O–H groups in total. The minimum Gasteiger partial charge on any atom is -0.478 e. The topological polar surface area (TPSA) is 87.1 Å². The predicted molar refractivity (Wildman–Crippen MR) is 75.0 cm³/mol. The number of rotatable bonds is 4. The van der Waals surface area contributed by atoms with Gasteiger partial charge in [-0.25, -0.2) is 9.59 Å². The van der Waals surface area contributed by atoms with Crippen LogP contribution in [0, 0.1) is 0 Å². The molecule has 1 atom stereocenters. The van der Waals surface area contributed by atoms with E-state index in [4.69, 9.17) is 14.9 Å². The molecule has 20 heavy (non-hydrogen) atoms. The van der Waals surface area contributed by atoms with Gasteiger partial charge in [-0.2, -0.15) is 0 Å². The zero-order chi connectivity index (χ0) is 15.7. The maximum atomic E-state index is 11.5.